The van der Waals surface area contributed by atoms with Gasteiger partial charge in [-0.25, -0.2) is 0 Å². The number of nitrogens with two attached hydrogens (primary N) is 1. The summed E-state index contributed by atoms with van der Waals surface area (Å²) >= 11 is 0. The number of ketones is 1. The predicted molar refractivity (Wildman–Crippen MR) is 118 cm³/mol. The highest BCUT2D eigenvalue weighted by atomic mass is 16.4. The summed E-state index contributed by atoms with van der Waals surface area (Å²) in [5.41, 5.74) is 3.99. The quantitative estimate of drug-likeness (QED) is 0.261. The summed E-state index contributed by atoms with van der Waals surface area (Å²) in [6.07, 6.45) is 12.6. The van der Waals surface area contributed by atoms with Crippen LogP contribution in [-0.2, 0) is 14.4 Å². The minimum Gasteiger partial charge on any atom is -0.481 e. The van der Waals surface area contributed by atoms with Gasteiger partial charge in [0.1, 0.15) is 0 Å². The molecule has 1 rings (SSSR count). The topological polar surface area (TPSA) is 118 Å². The lowest BCUT2D eigenvalue weighted by molar-refractivity contribution is -0.199. The molecule has 0 aliphatic heterocycles. The van der Waals surface area contributed by atoms with Crippen molar-refractivity contribution in [3.05, 3.63) is 0 Å². The Balaban J connectivity index is 2.63. The molecular formula is C24H43NO5. The summed E-state index contributed by atoms with van der Waals surface area (Å²) in [6.45, 7) is 4.08. The van der Waals surface area contributed by atoms with E-state index in [1.54, 1.807) is 0 Å². The lowest BCUT2D eigenvalue weighted by Crippen LogP contribution is -2.66. The molecule has 3 unspecified atom stereocenters. The van der Waals surface area contributed by atoms with Gasteiger partial charge in [0.05, 0.1) is 12.0 Å². The van der Waals surface area contributed by atoms with Gasteiger partial charge in [-0.3, -0.25) is 14.4 Å². The number of carboxylic acid groups (broad SMARTS) is 2. The molecule has 0 heterocycles. The van der Waals surface area contributed by atoms with Crippen molar-refractivity contribution in [1.82, 2.24) is 0 Å². The van der Waals surface area contributed by atoms with Crippen molar-refractivity contribution in [2.45, 2.75) is 110 Å². The van der Waals surface area contributed by atoms with E-state index >= 15 is 0 Å². The number of hydrogen-bond acceptors (Lipinski definition) is 4. The first-order chi connectivity index (χ1) is 14.3. The first-order valence-corrected chi connectivity index (χ1v) is 12.0. The zero-order valence-electron chi connectivity index (χ0n) is 19.1. The van der Waals surface area contributed by atoms with Gasteiger partial charge in [0.2, 0.25) is 0 Å². The van der Waals surface area contributed by atoms with Gasteiger partial charge in [-0.1, -0.05) is 78.1 Å². The lowest BCUT2D eigenvalue weighted by Gasteiger charge is -2.61. The molecule has 0 bridgehead atoms. The standard InChI is InChI=1S/C24H43NO5/c1-3-4-5-13-16-24(20(26)18-25)19(2)17-23(24,22(29)30)15-12-10-8-6-7-9-11-14-21(27)28/h19H,3-18,25H2,1-2H3,(H,27,28)(H,29,30). The second kappa shape index (κ2) is 13.1. The first kappa shape index (κ1) is 26.6. The maximum Gasteiger partial charge on any atom is 0.310 e. The third-order valence-corrected chi connectivity index (χ3v) is 7.36. The Morgan fingerprint density at radius 2 is 1.40 bits per heavy atom. The molecule has 0 radical (unpaired) electrons. The Kier molecular flexibility index (Phi) is 11.6. The van der Waals surface area contributed by atoms with E-state index in [-0.39, 0.29) is 24.7 Å². The van der Waals surface area contributed by atoms with E-state index < -0.39 is 22.8 Å². The van der Waals surface area contributed by atoms with Crippen LogP contribution in [0.1, 0.15) is 110 Å². The number of carboxylic acids is 2. The Labute approximate surface area is 182 Å². The minimum absolute atomic E-state index is 0.0699. The van der Waals surface area contributed by atoms with Gasteiger partial charge in [-0.15, -0.1) is 0 Å². The van der Waals surface area contributed by atoms with Crippen LogP contribution < -0.4 is 5.73 Å². The van der Waals surface area contributed by atoms with Crippen LogP contribution in [0, 0.1) is 16.7 Å². The van der Waals surface area contributed by atoms with Crippen molar-refractivity contribution in [1.29, 1.82) is 0 Å². The second-order valence-electron chi connectivity index (χ2n) is 9.27. The van der Waals surface area contributed by atoms with Gasteiger partial charge in [0.15, 0.2) is 5.78 Å². The van der Waals surface area contributed by atoms with Gasteiger partial charge in [-0.2, -0.15) is 0 Å². The number of unbranched alkanes of at least 4 members (excludes halogenated alkanes) is 9. The molecule has 0 aromatic heterocycles. The molecular weight excluding hydrogens is 382 g/mol. The molecule has 0 amide bonds. The number of carbonyl (C=O) groups excluding carboxylic acids is 1. The summed E-state index contributed by atoms with van der Waals surface area (Å²) in [5.74, 6) is -1.57. The molecule has 0 saturated heterocycles. The van der Waals surface area contributed by atoms with Gasteiger partial charge < -0.3 is 15.9 Å². The number of hydrogen-bond donors (Lipinski definition) is 3. The van der Waals surface area contributed by atoms with Crippen LogP contribution in [-0.4, -0.2) is 34.5 Å². The lowest BCUT2D eigenvalue weighted by atomic mass is 9.40. The van der Waals surface area contributed by atoms with E-state index in [0.717, 1.165) is 70.6 Å². The highest BCUT2D eigenvalue weighted by Gasteiger charge is 2.69. The summed E-state index contributed by atoms with van der Waals surface area (Å²) in [7, 11) is 0. The molecule has 0 aromatic rings. The highest BCUT2D eigenvalue weighted by Crippen LogP contribution is 2.66. The fraction of sp³-hybridized carbons (Fsp3) is 0.875. The van der Waals surface area contributed by atoms with Crippen LogP contribution in [0.2, 0.25) is 0 Å². The third kappa shape index (κ3) is 6.29. The molecule has 1 saturated carbocycles. The highest BCUT2D eigenvalue weighted by molar-refractivity contribution is 5.95. The average Bonchev–Trinajstić information content (AvgIpc) is 2.70. The van der Waals surface area contributed by atoms with Gasteiger partial charge in [0, 0.05) is 11.8 Å². The van der Waals surface area contributed by atoms with Gasteiger partial charge in [0.25, 0.3) is 0 Å². The average molecular weight is 426 g/mol. The third-order valence-electron chi connectivity index (χ3n) is 7.36. The molecule has 4 N–H and O–H groups in total. The van der Waals surface area contributed by atoms with Crippen LogP contribution in [0.5, 0.6) is 0 Å². The molecule has 3 atom stereocenters. The summed E-state index contributed by atoms with van der Waals surface area (Å²) in [6, 6.07) is 0. The monoisotopic (exact) mass is 425 g/mol. The van der Waals surface area contributed by atoms with E-state index in [0.29, 0.717) is 19.3 Å². The van der Waals surface area contributed by atoms with E-state index in [9.17, 15) is 19.5 Å². The Morgan fingerprint density at radius 3 is 1.90 bits per heavy atom. The molecule has 6 heteroatoms. The largest absolute Gasteiger partial charge is 0.481 e. The van der Waals surface area contributed by atoms with E-state index in [2.05, 4.69) is 6.92 Å². The molecule has 1 fully saturated rings. The zero-order chi connectivity index (χ0) is 22.6. The van der Waals surface area contributed by atoms with Crippen molar-refractivity contribution >= 4 is 17.7 Å². The van der Waals surface area contributed by atoms with Gasteiger partial charge >= 0.3 is 11.9 Å². The van der Waals surface area contributed by atoms with Crippen LogP contribution in [0.4, 0.5) is 0 Å². The predicted octanol–water partition coefficient (Wildman–Crippen LogP) is 5.18. The van der Waals surface area contributed by atoms with Crippen molar-refractivity contribution < 1.29 is 24.6 Å². The zero-order valence-corrected chi connectivity index (χ0v) is 19.1. The molecule has 6 nitrogen and oxygen atoms in total. The fourth-order valence-electron chi connectivity index (χ4n) is 5.70. The molecule has 1 aliphatic rings. The first-order valence-electron chi connectivity index (χ1n) is 12.0. The van der Waals surface area contributed by atoms with E-state index in [1.165, 1.54) is 0 Å². The van der Waals surface area contributed by atoms with E-state index in [1.807, 2.05) is 6.92 Å². The second-order valence-corrected chi connectivity index (χ2v) is 9.27. The Morgan fingerprint density at radius 1 is 0.867 bits per heavy atom. The van der Waals surface area contributed by atoms with Gasteiger partial charge in [-0.05, 0) is 31.6 Å². The molecule has 0 spiro atoms. The summed E-state index contributed by atoms with van der Waals surface area (Å²) in [5, 5.41) is 18.8. The number of rotatable bonds is 18. The van der Waals surface area contributed by atoms with Crippen LogP contribution in [0.25, 0.3) is 0 Å². The number of Topliss-reactive ketones (excluding diaryl/α,β-unsaturated/α-hetero) is 1. The summed E-state index contributed by atoms with van der Waals surface area (Å²) < 4.78 is 0. The number of carbonyl (C=O) groups is 3. The molecule has 30 heavy (non-hydrogen) atoms. The number of aliphatic carboxylic acids is 2. The smallest absolute Gasteiger partial charge is 0.310 e. The maximum absolute atomic E-state index is 13.0. The maximum atomic E-state index is 13.0. The van der Waals surface area contributed by atoms with E-state index in [4.69, 9.17) is 10.8 Å². The van der Waals surface area contributed by atoms with Crippen LogP contribution in [0.3, 0.4) is 0 Å². The van der Waals surface area contributed by atoms with Crippen molar-refractivity contribution in [3.8, 4) is 0 Å². The molecule has 0 aromatic carbocycles. The molecule has 174 valence electrons. The minimum atomic E-state index is -0.962. The van der Waals surface area contributed by atoms with Crippen LogP contribution in [0.15, 0.2) is 0 Å². The Bertz CT molecular complexity index is 564. The van der Waals surface area contributed by atoms with Crippen LogP contribution >= 0.6 is 0 Å². The van der Waals surface area contributed by atoms with Crippen molar-refractivity contribution in [2.75, 3.05) is 6.54 Å². The Hall–Kier alpha value is -1.43. The normalized spacial score (nSPS) is 25.6. The fourth-order valence-corrected chi connectivity index (χ4v) is 5.70. The van der Waals surface area contributed by atoms with Crippen molar-refractivity contribution in [3.63, 3.8) is 0 Å². The van der Waals surface area contributed by atoms with Crippen molar-refractivity contribution in [2.24, 2.45) is 22.5 Å². The summed E-state index contributed by atoms with van der Waals surface area (Å²) in [4.78, 5) is 35.9. The SMILES string of the molecule is CCCCCCC1(C(=O)CN)C(C)CC1(CCCCCCCCCC(=O)O)C(=O)O. The molecule has 1 aliphatic carbocycles.